The lowest BCUT2D eigenvalue weighted by Gasteiger charge is -2.39. The molecule has 1 aliphatic rings. The number of anilines is 1. The number of halogens is 3. The molecule has 0 spiro atoms. The third-order valence-corrected chi connectivity index (χ3v) is 6.89. The molecular formula is C30H25F3N4O4. The van der Waals surface area contributed by atoms with Gasteiger partial charge in [0.25, 0.3) is 0 Å². The number of hydrogen-bond donors (Lipinski definition) is 2. The van der Waals surface area contributed by atoms with E-state index in [4.69, 9.17) is 4.74 Å². The maximum atomic E-state index is 14.7. The second-order valence-corrected chi connectivity index (χ2v) is 9.64. The Hall–Kier alpha value is -4.77. The normalized spacial score (nSPS) is 17.5. The quantitative estimate of drug-likeness (QED) is 0.344. The van der Waals surface area contributed by atoms with Crippen LogP contribution in [0.4, 0.5) is 18.9 Å². The van der Waals surface area contributed by atoms with Gasteiger partial charge >= 0.3 is 12.0 Å². The molecule has 8 nitrogen and oxygen atoms in total. The van der Waals surface area contributed by atoms with Crippen LogP contribution in [0.25, 0.3) is 0 Å². The number of hydrogen-bond acceptors (Lipinski definition) is 6. The van der Waals surface area contributed by atoms with Crippen molar-refractivity contribution in [2.75, 3.05) is 11.4 Å². The maximum Gasteiger partial charge on any atom is 0.347 e. The average molecular weight is 563 g/mol. The summed E-state index contributed by atoms with van der Waals surface area (Å²) in [7, 11) is 0. The summed E-state index contributed by atoms with van der Waals surface area (Å²) in [5, 5.41) is 13.7. The molecule has 1 amide bonds. The van der Waals surface area contributed by atoms with Crippen LogP contribution < -0.4 is 15.0 Å². The number of carboxylic acid groups (broad SMARTS) is 1. The molecule has 5 rings (SSSR count). The van der Waals surface area contributed by atoms with Gasteiger partial charge in [-0.05, 0) is 31.5 Å². The van der Waals surface area contributed by atoms with E-state index >= 15 is 0 Å². The summed E-state index contributed by atoms with van der Waals surface area (Å²) in [4.78, 5) is 36.2. The van der Waals surface area contributed by atoms with E-state index in [1.54, 1.807) is 74.5 Å². The Balaban J connectivity index is 1.73. The number of aliphatic carboxylic acids is 1. The number of ether oxygens (including phenoxy) is 1. The smallest absolute Gasteiger partial charge is 0.347 e. The largest absolute Gasteiger partial charge is 0.478 e. The van der Waals surface area contributed by atoms with Gasteiger partial charge < -0.3 is 14.7 Å². The fourth-order valence-corrected chi connectivity index (χ4v) is 5.16. The van der Waals surface area contributed by atoms with Crippen molar-refractivity contribution in [2.45, 2.75) is 32.0 Å². The number of amides is 1. The first kappa shape index (κ1) is 27.8. The number of rotatable bonds is 7. The highest BCUT2D eigenvalue weighted by molar-refractivity contribution is 5.97. The molecule has 41 heavy (non-hydrogen) atoms. The molecule has 1 aliphatic heterocycles. The van der Waals surface area contributed by atoms with E-state index < -0.39 is 59.6 Å². The van der Waals surface area contributed by atoms with Crippen LogP contribution in [-0.2, 0) is 21.7 Å². The monoisotopic (exact) mass is 562 g/mol. The Labute approximate surface area is 233 Å². The summed E-state index contributed by atoms with van der Waals surface area (Å²) < 4.78 is 49.0. The van der Waals surface area contributed by atoms with E-state index in [2.05, 4.69) is 15.3 Å². The Kier molecular flexibility index (Phi) is 7.46. The van der Waals surface area contributed by atoms with Gasteiger partial charge in [0.15, 0.2) is 0 Å². The van der Waals surface area contributed by atoms with E-state index in [0.717, 1.165) is 4.90 Å². The van der Waals surface area contributed by atoms with Gasteiger partial charge in [0.1, 0.15) is 23.0 Å². The van der Waals surface area contributed by atoms with E-state index in [9.17, 15) is 27.9 Å². The number of carboxylic acids is 1. The maximum absolute atomic E-state index is 14.7. The van der Waals surface area contributed by atoms with E-state index in [-0.39, 0.29) is 17.3 Å². The zero-order valence-corrected chi connectivity index (χ0v) is 22.1. The lowest BCUT2D eigenvalue weighted by molar-refractivity contribution is -0.149. The molecule has 0 saturated heterocycles. The van der Waals surface area contributed by atoms with Crippen molar-refractivity contribution in [3.63, 3.8) is 0 Å². The summed E-state index contributed by atoms with van der Waals surface area (Å²) in [5.74, 6) is -5.39. The third kappa shape index (κ3) is 5.23. The van der Waals surface area contributed by atoms with Crippen molar-refractivity contribution in [2.24, 2.45) is 0 Å². The lowest BCUT2D eigenvalue weighted by Crippen LogP contribution is -2.58. The molecule has 2 heterocycles. The summed E-state index contributed by atoms with van der Waals surface area (Å²) in [6.45, 7) is 2.43. The molecule has 11 heteroatoms. The summed E-state index contributed by atoms with van der Waals surface area (Å²) in [5.41, 5.74) is -0.180. The molecule has 0 radical (unpaired) electrons. The second kappa shape index (κ2) is 11.0. The van der Waals surface area contributed by atoms with E-state index in [1.807, 2.05) is 0 Å². The number of fused-ring (bicyclic) bond motifs is 1. The zero-order valence-electron chi connectivity index (χ0n) is 22.1. The van der Waals surface area contributed by atoms with Crippen LogP contribution in [0.5, 0.6) is 6.01 Å². The number of nitrogens with zero attached hydrogens (tertiary/aromatic N) is 3. The number of benzene rings is 3. The Morgan fingerprint density at radius 2 is 1.61 bits per heavy atom. The van der Waals surface area contributed by atoms with Crippen molar-refractivity contribution in [1.82, 2.24) is 15.3 Å². The van der Waals surface area contributed by atoms with E-state index in [0.29, 0.717) is 29.1 Å². The van der Waals surface area contributed by atoms with Crippen molar-refractivity contribution < 1.29 is 32.6 Å². The molecule has 1 aromatic heterocycles. The molecule has 2 N–H and O–H groups in total. The first-order valence-electron chi connectivity index (χ1n) is 12.7. The summed E-state index contributed by atoms with van der Waals surface area (Å²) in [6.07, 6.45) is -1.71. The number of carbonyl (C=O) groups is 2. The van der Waals surface area contributed by atoms with Gasteiger partial charge in [-0.25, -0.2) is 27.9 Å². The highest BCUT2D eigenvalue weighted by Crippen LogP contribution is 2.42. The number of aryl methyl sites for hydroxylation is 2. The van der Waals surface area contributed by atoms with Gasteiger partial charge in [0.2, 0.25) is 12.0 Å². The highest BCUT2D eigenvalue weighted by Gasteiger charge is 2.52. The van der Waals surface area contributed by atoms with Crippen LogP contribution >= 0.6 is 0 Å². The Morgan fingerprint density at radius 3 is 2.24 bits per heavy atom. The van der Waals surface area contributed by atoms with Gasteiger partial charge in [-0.1, -0.05) is 48.5 Å². The fourth-order valence-electron chi connectivity index (χ4n) is 5.16. The topological polar surface area (TPSA) is 105 Å². The van der Waals surface area contributed by atoms with Crippen molar-refractivity contribution in [3.05, 3.63) is 118 Å². The van der Waals surface area contributed by atoms with Crippen LogP contribution in [-0.4, -0.2) is 39.6 Å². The van der Waals surface area contributed by atoms with Crippen LogP contribution in [0.1, 0.15) is 28.1 Å². The minimum atomic E-state index is -1.71. The molecule has 210 valence electrons. The SMILES string of the molecule is Cc1cc(C)nc(OC(C(=O)O)C2(c3ccccc3)NCC(=O)N(Cc3c(F)cc(F)cc3F)c3ccccc32)n1. The molecule has 4 aromatic rings. The molecule has 0 saturated carbocycles. The lowest BCUT2D eigenvalue weighted by atomic mass is 9.77. The van der Waals surface area contributed by atoms with Gasteiger partial charge in [0.05, 0.1) is 13.1 Å². The average Bonchev–Trinajstić information content (AvgIpc) is 3.04. The molecule has 2 unspecified atom stereocenters. The number of nitrogens with one attached hydrogen (secondary N) is 1. The summed E-state index contributed by atoms with van der Waals surface area (Å²) >= 11 is 0. The number of carbonyl (C=O) groups excluding carboxylic acids is 1. The van der Waals surface area contributed by atoms with Gasteiger partial charge in [-0.2, -0.15) is 0 Å². The number of aromatic nitrogens is 2. The molecule has 2 atom stereocenters. The molecule has 3 aromatic carbocycles. The molecule has 0 fully saturated rings. The fraction of sp³-hybridized carbons (Fsp3) is 0.200. The Morgan fingerprint density at radius 1 is 1.00 bits per heavy atom. The minimum Gasteiger partial charge on any atom is -0.478 e. The van der Waals surface area contributed by atoms with Crippen molar-refractivity contribution in [1.29, 1.82) is 0 Å². The molecule has 0 bridgehead atoms. The third-order valence-electron chi connectivity index (χ3n) is 6.89. The summed E-state index contributed by atoms with van der Waals surface area (Å²) in [6, 6.07) is 17.6. The van der Waals surface area contributed by atoms with Crippen LogP contribution in [0, 0.1) is 31.3 Å². The molecule has 0 aliphatic carbocycles. The van der Waals surface area contributed by atoms with E-state index in [1.165, 1.54) is 0 Å². The van der Waals surface area contributed by atoms with Gasteiger partial charge in [-0.3, -0.25) is 10.1 Å². The van der Waals surface area contributed by atoms with Crippen LogP contribution in [0.15, 0.2) is 72.8 Å². The minimum absolute atomic E-state index is 0.174. The first-order chi connectivity index (χ1) is 19.6. The Bertz CT molecular complexity index is 1590. The standard InChI is InChI=1S/C30H25F3N4O4/c1-17-12-18(2)36-29(35-17)41-27(28(39)40)30(19-8-4-3-5-9-19)22-10-6-7-11-25(22)37(26(38)15-34-30)16-21-23(32)13-20(31)14-24(21)33/h3-14,27,34H,15-16H2,1-2H3,(H,39,40). The van der Waals surface area contributed by atoms with Crippen LogP contribution in [0.2, 0.25) is 0 Å². The predicted octanol–water partition coefficient (Wildman–Crippen LogP) is 4.42. The second-order valence-electron chi connectivity index (χ2n) is 9.64. The molecular weight excluding hydrogens is 537 g/mol. The number of para-hydroxylation sites is 1. The first-order valence-corrected chi connectivity index (χ1v) is 12.7. The van der Waals surface area contributed by atoms with Crippen molar-refractivity contribution in [3.8, 4) is 6.01 Å². The van der Waals surface area contributed by atoms with Gasteiger partial charge in [0, 0.05) is 40.3 Å². The highest BCUT2D eigenvalue weighted by atomic mass is 19.1. The van der Waals surface area contributed by atoms with Crippen LogP contribution in [0.3, 0.4) is 0 Å². The van der Waals surface area contributed by atoms with Gasteiger partial charge in [-0.15, -0.1) is 0 Å². The van der Waals surface area contributed by atoms with Crippen molar-refractivity contribution >= 4 is 17.6 Å². The zero-order chi connectivity index (χ0) is 29.3. The predicted molar refractivity (Wildman–Crippen MR) is 143 cm³/mol.